The third kappa shape index (κ3) is 2.94. The van der Waals surface area contributed by atoms with Gasteiger partial charge in [0.2, 0.25) is 0 Å². The number of amides is 2. The molecule has 1 spiro atoms. The van der Waals surface area contributed by atoms with Crippen LogP contribution in [0.3, 0.4) is 0 Å². The summed E-state index contributed by atoms with van der Waals surface area (Å²) in [5.74, 6) is -0.299. The van der Waals surface area contributed by atoms with E-state index in [2.05, 4.69) is 4.98 Å². The summed E-state index contributed by atoms with van der Waals surface area (Å²) in [4.78, 5) is 39.7. The number of carbonyl (C=O) groups excluding carboxylic acids is 1. The molecule has 2 aliphatic heterocycles. The molecule has 1 aromatic heterocycles. The molecule has 24 heavy (non-hydrogen) atoms. The minimum absolute atomic E-state index is 0.277. The van der Waals surface area contributed by atoms with Gasteiger partial charge in [-0.05, 0) is 28.8 Å². The van der Waals surface area contributed by atoms with Crippen LogP contribution in [0.1, 0.15) is 19.3 Å². The molecule has 1 aromatic rings. The normalized spacial score (nSPS) is 23.9. The highest BCUT2D eigenvalue weighted by atomic mass is 16.6. The molecular formula is C14H16N4O6. The van der Waals surface area contributed by atoms with Gasteiger partial charge in [0.1, 0.15) is 5.60 Å². The third-order valence-electron chi connectivity index (χ3n) is 4.37. The van der Waals surface area contributed by atoms with Crippen LogP contribution in [0.25, 0.3) is 0 Å². The quantitative estimate of drug-likeness (QED) is 0.645. The van der Waals surface area contributed by atoms with E-state index in [-0.39, 0.29) is 12.4 Å². The molecule has 10 heteroatoms. The number of aromatic nitrogens is 1. The lowest BCUT2D eigenvalue weighted by atomic mass is 9.95. The molecule has 2 fully saturated rings. The molecule has 1 unspecified atom stereocenters. The minimum atomic E-state index is -0.979. The Balaban J connectivity index is 1.75. The van der Waals surface area contributed by atoms with Crippen LogP contribution in [-0.2, 0) is 4.74 Å². The van der Waals surface area contributed by atoms with E-state index in [1.807, 2.05) is 0 Å². The lowest BCUT2D eigenvalue weighted by molar-refractivity contribution is -0.389. The Kier molecular flexibility index (Phi) is 3.96. The van der Waals surface area contributed by atoms with Crippen molar-refractivity contribution in [3.8, 4) is 0 Å². The Morgan fingerprint density at radius 1 is 1.38 bits per heavy atom. The molecule has 0 bridgehead atoms. The average molecular weight is 336 g/mol. The van der Waals surface area contributed by atoms with Crippen LogP contribution < -0.4 is 4.90 Å². The van der Waals surface area contributed by atoms with Gasteiger partial charge in [-0.15, -0.1) is 0 Å². The van der Waals surface area contributed by atoms with Gasteiger partial charge in [0.15, 0.2) is 6.20 Å². The number of nitro groups is 1. The number of ether oxygens (including phenoxy) is 1. The lowest BCUT2D eigenvalue weighted by Crippen LogP contribution is -2.37. The van der Waals surface area contributed by atoms with E-state index in [4.69, 9.17) is 9.84 Å². The number of carboxylic acid groups (broad SMARTS) is 1. The summed E-state index contributed by atoms with van der Waals surface area (Å²) in [6.07, 6.45) is 1.33. The predicted octanol–water partition coefficient (Wildman–Crippen LogP) is 1.85. The predicted molar refractivity (Wildman–Crippen MR) is 80.9 cm³/mol. The molecule has 3 rings (SSSR count). The third-order valence-corrected chi connectivity index (χ3v) is 4.37. The molecule has 2 amide bonds. The second kappa shape index (κ2) is 5.95. The van der Waals surface area contributed by atoms with Crippen molar-refractivity contribution >= 4 is 23.7 Å². The first kappa shape index (κ1) is 16.0. The maximum Gasteiger partial charge on any atom is 0.415 e. The minimum Gasteiger partial charge on any atom is -0.465 e. The van der Waals surface area contributed by atoms with Gasteiger partial charge in [-0.3, -0.25) is 4.90 Å². The zero-order valence-electron chi connectivity index (χ0n) is 12.8. The van der Waals surface area contributed by atoms with Crippen LogP contribution >= 0.6 is 0 Å². The van der Waals surface area contributed by atoms with Crippen LogP contribution in [-0.4, -0.2) is 57.3 Å². The Morgan fingerprint density at radius 2 is 2.17 bits per heavy atom. The Labute approximate surface area is 136 Å². The second-order valence-electron chi connectivity index (χ2n) is 5.89. The molecule has 10 nitrogen and oxygen atoms in total. The van der Waals surface area contributed by atoms with Crippen LogP contribution in [0.2, 0.25) is 0 Å². The summed E-state index contributed by atoms with van der Waals surface area (Å²) < 4.78 is 5.55. The topological polar surface area (TPSA) is 126 Å². The fourth-order valence-electron chi connectivity index (χ4n) is 3.09. The van der Waals surface area contributed by atoms with E-state index in [0.717, 1.165) is 0 Å². The van der Waals surface area contributed by atoms with Crippen molar-refractivity contribution in [3.05, 3.63) is 28.4 Å². The van der Waals surface area contributed by atoms with Gasteiger partial charge in [0, 0.05) is 25.6 Å². The molecule has 1 atom stereocenters. The maximum absolute atomic E-state index is 12.2. The number of nitrogens with zero attached hydrogens (tertiary/aromatic N) is 4. The molecule has 0 radical (unpaired) electrons. The first-order valence-corrected chi connectivity index (χ1v) is 7.49. The lowest BCUT2D eigenvalue weighted by Gasteiger charge is -2.24. The molecular weight excluding hydrogens is 320 g/mol. The van der Waals surface area contributed by atoms with E-state index < -0.39 is 22.7 Å². The summed E-state index contributed by atoms with van der Waals surface area (Å²) in [6, 6.07) is 2.68. The number of anilines is 1. The van der Waals surface area contributed by atoms with Crippen LogP contribution in [0, 0.1) is 10.1 Å². The van der Waals surface area contributed by atoms with Crippen molar-refractivity contribution in [2.45, 2.75) is 24.9 Å². The molecule has 1 N–H and O–H groups in total. The number of hydrogen-bond acceptors (Lipinski definition) is 6. The van der Waals surface area contributed by atoms with E-state index in [0.29, 0.717) is 38.0 Å². The summed E-state index contributed by atoms with van der Waals surface area (Å²) in [5.41, 5.74) is -0.315. The van der Waals surface area contributed by atoms with Gasteiger partial charge in [-0.25, -0.2) is 9.59 Å². The molecule has 0 aliphatic carbocycles. The zero-order valence-corrected chi connectivity index (χ0v) is 12.8. The number of carbonyl (C=O) groups is 2. The smallest absolute Gasteiger partial charge is 0.415 e. The molecule has 0 aromatic carbocycles. The van der Waals surface area contributed by atoms with Crippen molar-refractivity contribution in [1.82, 2.24) is 9.88 Å². The van der Waals surface area contributed by atoms with Gasteiger partial charge < -0.3 is 24.9 Å². The fraction of sp³-hybridized carbons (Fsp3) is 0.500. The first-order chi connectivity index (χ1) is 11.4. The zero-order chi connectivity index (χ0) is 17.3. The van der Waals surface area contributed by atoms with E-state index >= 15 is 0 Å². The highest BCUT2D eigenvalue weighted by Crippen LogP contribution is 2.35. The highest BCUT2D eigenvalue weighted by Gasteiger charge is 2.47. The van der Waals surface area contributed by atoms with Crippen LogP contribution in [0.15, 0.2) is 18.3 Å². The first-order valence-electron chi connectivity index (χ1n) is 7.49. The number of hydrogen-bond donors (Lipinski definition) is 1. The summed E-state index contributed by atoms with van der Waals surface area (Å²) in [6.45, 7) is 0.988. The van der Waals surface area contributed by atoms with Gasteiger partial charge >= 0.3 is 18.0 Å². The molecule has 128 valence electrons. The standard InChI is InChI=1S/C14H16N4O6/c19-12(20)16-6-1-4-14(5-7-16)9-17(13(21)24-14)10-2-3-11(15-8-10)18(22)23/h2-3,8H,1,4-7,9H2,(H,19,20). The van der Waals surface area contributed by atoms with Crippen molar-refractivity contribution in [2.24, 2.45) is 0 Å². The second-order valence-corrected chi connectivity index (χ2v) is 5.89. The Hall–Kier alpha value is -2.91. The van der Waals surface area contributed by atoms with Crippen molar-refractivity contribution in [2.75, 3.05) is 24.5 Å². The average Bonchev–Trinajstić information content (AvgIpc) is 2.73. The number of likely N-dealkylation sites (tertiary alicyclic amines) is 1. The molecule has 2 saturated heterocycles. The van der Waals surface area contributed by atoms with Crippen molar-refractivity contribution < 1.29 is 24.4 Å². The maximum atomic E-state index is 12.2. The number of rotatable bonds is 2. The van der Waals surface area contributed by atoms with Gasteiger partial charge in [0.25, 0.3) is 0 Å². The summed E-state index contributed by atoms with van der Waals surface area (Å²) >= 11 is 0. The van der Waals surface area contributed by atoms with Crippen LogP contribution in [0.5, 0.6) is 0 Å². The Bertz CT molecular complexity index is 678. The van der Waals surface area contributed by atoms with Gasteiger partial charge in [0.05, 0.1) is 12.2 Å². The Morgan fingerprint density at radius 3 is 2.79 bits per heavy atom. The molecule has 2 aliphatic rings. The monoisotopic (exact) mass is 336 g/mol. The van der Waals surface area contributed by atoms with E-state index in [1.165, 1.54) is 28.1 Å². The van der Waals surface area contributed by atoms with E-state index in [1.54, 1.807) is 0 Å². The summed E-state index contributed by atoms with van der Waals surface area (Å²) in [7, 11) is 0. The number of pyridine rings is 1. The SMILES string of the molecule is O=C(O)N1CCCC2(CC1)CN(c1ccc([N+](=O)[O-])nc1)C(=O)O2. The van der Waals surface area contributed by atoms with E-state index in [9.17, 15) is 19.7 Å². The molecule has 3 heterocycles. The largest absolute Gasteiger partial charge is 0.465 e. The summed E-state index contributed by atoms with van der Waals surface area (Å²) in [5, 5.41) is 19.7. The van der Waals surface area contributed by atoms with Gasteiger partial charge in [-0.2, -0.15) is 0 Å². The van der Waals surface area contributed by atoms with Gasteiger partial charge in [-0.1, -0.05) is 0 Å². The highest BCUT2D eigenvalue weighted by molar-refractivity contribution is 5.90. The molecule has 0 saturated carbocycles. The van der Waals surface area contributed by atoms with Crippen molar-refractivity contribution in [3.63, 3.8) is 0 Å². The van der Waals surface area contributed by atoms with Crippen LogP contribution in [0.4, 0.5) is 21.1 Å². The van der Waals surface area contributed by atoms with Crippen molar-refractivity contribution in [1.29, 1.82) is 0 Å². The fourth-order valence-corrected chi connectivity index (χ4v) is 3.09.